The highest BCUT2D eigenvalue weighted by Crippen LogP contribution is 2.55. The van der Waals surface area contributed by atoms with Crippen molar-refractivity contribution in [3.05, 3.63) is 112 Å². The van der Waals surface area contributed by atoms with E-state index in [9.17, 15) is 19.8 Å². The molecule has 1 amide bonds. The van der Waals surface area contributed by atoms with Gasteiger partial charge in [-0.1, -0.05) is 74.0 Å². The summed E-state index contributed by atoms with van der Waals surface area (Å²) in [6.07, 6.45) is -2.13. The van der Waals surface area contributed by atoms with Gasteiger partial charge in [-0.3, -0.25) is 4.79 Å². The maximum atomic E-state index is 14.0. The van der Waals surface area contributed by atoms with E-state index in [-0.39, 0.29) is 13.4 Å². The summed E-state index contributed by atoms with van der Waals surface area (Å²) in [5, 5.41) is 27.1. The number of nitrogens with one attached hydrogen (secondary N) is 1. The van der Waals surface area contributed by atoms with Gasteiger partial charge in [0.1, 0.15) is 11.4 Å². The molecule has 0 unspecified atom stereocenters. The highest BCUT2D eigenvalue weighted by atomic mass is 16.7. The number of benzene rings is 3. The summed E-state index contributed by atoms with van der Waals surface area (Å²) in [6, 6.07) is 21.5. The van der Waals surface area contributed by atoms with Gasteiger partial charge in [0.2, 0.25) is 0 Å². The summed E-state index contributed by atoms with van der Waals surface area (Å²) in [4.78, 5) is 27.3. The highest BCUT2D eigenvalue weighted by Gasteiger charge is 2.56. The van der Waals surface area contributed by atoms with Crippen molar-refractivity contribution < 1.29 is 38.7 Å². The van der Waals surface area contributed by atoms with Crippen LogP contribution >= 0.6 is 0 Å². The molecule has 0 fully saturated rings. The summed E-state index contributed by atoms with van der Waals surface area (Å²) in [6.45, 7) is 6.41. The third-order valence-corrected chi connectivity index (χ3v) is 9.19. The molecule has 0 spiro atoms. The van der Waals surface area contributed by atoms with E-state index < -0.39 is 41.1 Å². The molecule has 3 N–H and O–H groups in total. The molecule has 238 valence electrons. The maximum absolute atomic E-state index is 14.0. The number of aliphatic hydroxyl groups excluding tert-OH is 1. The summed E-state index contributed by atoms with van der Waals surface area (Å²) in [7, 11) is 1.51. The molecule has 45 heavy (non-hydrogen) atoms. The number of rotatable bonds is 9. The molecule has 0 aromatic heterocycles. The van der Waals surface area contributed by atoms with Gasteiger partial charge >= 0.3 is 5.97 Å². The Balaban J connectivity index is 1.55. The molecule has 1 aliphatic heterocycles. The second-order valence-electron chi connectivity index (χ2n) is 12.2. The molecule has 4 atom stereocenters. The molecule has 3 aromatic rings. The number of hydrogen-bond donors (Lipinski definition) is 3. The van der Waals surface area contributed by atoms with Gasteiger partial charge in [0.15, 0.2) is 19.0 Å². The van der Waals surface area contributed by atoms with Gasteiger partial charge in [-0.25, -0.2) is 4.79 Å². The fourth-order valence-corrected chi connectivity index (χ4v) is 6.39. The first-order valence-corrected chi connectivity index (χ1v) is 15.1. The zero-order valence-corrected chi connectivity index (χ0v) is 26.1. The number of ether oxygens (including phenoxy) is 4. The van der Waals surface area contributed by atoms with Crippen molar-refractivity contribution in [1.29, 1.82) is 0 Å². The normalized spacial score (nSPS) is 22.1. The summed E-state index contributed by atoms with van der Waals surface area (Å²) >= 11 is 0. The van der Waals surface area contributed by atoms with Gasteiger partial charge in [0.25, 0.3) is 5.91 Å². The van der Waals surface area contributed by atoms with Gasteiger partial charge in [-0.05, 0) is 60.7 Å². The van der Waals surface area contributed by atoms with Crippen molar-refractivity contribution >= 4 is 11.9 Å². The van der Waals surface area contributed by atoms with Crippen LogP contribution in [0.3, 0.4) is 0 Å². The summed E-state index contributed by atoms with van der Waals surface area (Å²) in [5.74, 6) is -0.995. The van der Waals surface area contributed by atoms with Crippen molar-refractivity contribution in [2.24, 2.45) is 5.41 Å². The van der Waals surface area contributed by atoms with E-state index in [1.807, 2.05) is 26.8 Å². The molecule has 9 heteroatoms. The van der Waals surface area contributed by atoms with Crippen LogP contribution in [0.5, 0.6) is 5.75 Å². The Kier molecular flexibility index (Phi) is 9.74. The Morgan fingerprint density at radius 1 is 1.02 bits per heavy atom. The monoisotopic (exact) mass is 615 g/mol. The predicted molar refractivity (Wildman–Crippen MR) is 167 cm³/mol. The minimum Gasteiger partial charge on any atom is -0.468 e. The van der Waals surface area contributed by atoms with E-state index in [4.69, 9.17) is 18.9 Å². The lowest BCUT2D eigenvalue weighted by Gasteiger charge is -2.51. The molecule has 0 saturated heterocycles. The number of fused-ring (bicyclic) bond motifs is 3. The van der Waals surface area contributed by atoms with E-state index in [1.165, 1.54) is 7.11 Å². The smallest absolute Gasteiger partial charge is 0.338 e. The third kappa shape index (κ3) is 6.53. The van der Waals surface area contributed by atoms with Crippen LogP contribution in [0, 0.1) is 5.41 Å². The molecule has 1 heterocycles. The number of allylic oxidation sites excluding steroid dienone is 1. The van der Waals surface area contributed by atoms with E-state index in [0.717, 1.165) is 11.1 Å². The highest BCUT2D eigenvalue weighted by molar-refractivity contribution is 5.95. The van der Waals surface area contributed by atoms with Gasteiger partial charge in [0.05, 0.1) is 19.3 Å². The molecule has 1 aliphatic carbocycles. The van der Waals surface area contributed by atoms with Gasteiger partial charge in [-0.2, -0.15) is 0 Å². The molecule has 2 bridgehead atoms. The van der Waals surface area contributed by atoms with Crippen molar-refractivity contribution in [2.45, 2.75) is 64.1 Å². The molecule has 5 rings (SSSR count). The summed E-state index contributed by atoms with van der Waals surface area (Å²) < 4.78 is 23.2. The van der Waals surface area contributed by atoms with Crippen molar-refractivity contribution in [1.82, 2.24) is 5.32 Å². The minimum atomic E-state index is -1.80. The van der Waals surface area contributed by atoms with Crippen LogP contribution in [0.25, 0.3) is 0 Å². The Hall–Kier alpha value is -4.02. The van der Waals surface area contributed by atoms with Crippen molar-refractivity contribution in [3.63, 3.8) is 0 Å². The van der Waals surface area contributed by atoms with Crippen LogP contribution in [0.1, 0.15) is 72.8 Å². The first-order chi connectivity index (χ1) is 21.6. The zero-order valence-electron chi connectivity index (χ0n) is 26.1. The Labute approximate surface area is 263 Å². The van der Waals surface area contributed by atoms with Crippen molar-refractivity contribution in [3.8, 4) is 5.75 Å². The van der Waals surface area contributed by atoms with E-state index >= 15 is 0 Å². The van der Waals surface area contributed by atoms with Crippen LogP contribution in [0.2, 0.25) is 0 Å². The molecule has 2 aliphatic rings. The topological polar surface area (TPSA) is 124 Å². The standard InChI is InChI=1S/C36H41NO8/c1-23-17-18-36(41)32(28-19-27(44-22-42-4)16-15-26(28)20-43-21-29(23)35(36,2)3)45-34(40)31(38)30(24-11-7-5-8-12-24)37-33(39)25-13-9-6-10-14-25/h5-16,19,30-32,38,41H,17-18,20-22H2,1-4H3,(H,37,39)/t30-,31+,32+,36-/m0/s1. The third-order valence-electron chi connectivity index (χ3n) is 9.19. The van der Waals surface area contributed by atoms with Gasteiger partial charge in [0, 0.05) is 23.7 Å². The second-order valence-corrected chi connectivity index (χ2v) is 12.2. The Morgan fingerprint density at radius 3 is 2.40 bits per heavy atom. The van der Waals surface area contributed by atoms with Crippen LogP contribution < -0.4 is 10.1 Å². The van der Waals surface area contributed by atoms with Crippen LogP contribution in [-0.2, 0) is 25.6 Å². The molecular weight excluding hydrogens is 574 g/mol. The predicted octanol–water partition coefficient (Wildman–Crippen LogP) is 5.18. The fourth-order valence-electron chi connectivity index (χ4n) is 6.39. The molecular formula is C36H41NO8. The number of amides is 1. The molecule has 0 saturated carbocycles. The fraction of sp³-hybridized carbons (Fsp3) is 0.389. The average Bonchev–Trinajstić information content (AvgIpc) is 3.06. The van der Waals surface area contributed by atoms with E-state index in [1.54, 1.807) is 72.8 Å². The van der Waals surface area contributed by atoms with Gasteiger partial charge < -0.3 is 34.5 Å². The van der Waals surface area contributed by atoms with Crippen LogP contribution in [0.4, 0.5) is 0 Å². The lowest BCUT2D eigenvalue weighted by Crippen LogP contribution is -2.55. The first kappa shape index (κ1) is 32.4. The van der Waals surface area contributed by atoms with E-state index in [0.29, 0.717) is 47.5 Å². The largest absolute Gasteiger partial charge is 0.468 e. The van der Waals surface area contributed by atoms with Crippen LogP contribution in [-0.4, -0.2) is 54.3 Å². The number of hydrogen-bond acceptors (Lipinski definition) is 8. The van der Waals surface area contributed by atoms with Crippen molar-refractivity contribution in [2.75, 3.05) is 20.5 Å². The number of methoxy groups -OCH3 is 1. The summed E-state index contributed by atoms with van der Waals surface area (Å²) in [5.41, 5.74) is 1.73. The first-order valence-electron chi connectivity index (χ1n) is 15.1. The maximum Gasteiger partial charge on any atom is 0.338 e. The number of carbonyl (C=O) groups excluding carboxylic acids is 2. The van der Waals surface area contributed by atoms with Gasteiger partial charge in [-0.15, -0.1) is 0 Å². The number of carbonyl (C=O) groups is 2. The van der Waals surface area contributed by atoms with E-state index in [2.05, 4.69) is 5.32 Å². The number of aliphatic hydroxyl groups is 2. The zero-order chi connectivity index (χ0) is 32.2. The quantitative estimate of drug-likeness (QED) is 0.171. The molecule has 0 radical (unpaired) electrons. The Morgan fingerprint density at radius 2 is 1.71 bits per heavy atom. The second kappa shape index (κ2) is 13.5. The lowest BCUT2D eigenvalue weighted by molar-refractivity contribution is -0.195. The molecule has 9 nitrogen and oxygen atoms in total. The van der Waals surface area contributed by atoms with Crippen LogP contribution in [0.15, 0.2) is 90.0 Å². The minimum absolute atomic E-state index is 0.000163. The SMILES string of the molecule is COCOc1ccc2c(c1)[C@@H](OC(=O)[C@H](O)[C@@H](NC(=O)c1ccccc1)c1ccccc1)[C@@]1(O)CCC(C)=C(COC2)C1(C)C. The Bertz CT molecular complexity index is 1540. The molecule has 3 aromatic carbocycles. The lowest BCUT2D eigenvalue weighted by atomic mass is 9.59. The average molecular weight is 616 g/mol. The number of esters is 1.